The van der Waals surface area contributed by atoms with Gasteiger partial charge in [-0.1, -0.05) is 44.2 Å². The van der Waals surface area contributed by atoms with Gasteiger partial charge in [-0.3, -0.25) is 0 Å². The van der Waals surface area contributed by atoms with E-state index in [1.54, 1.807) is 0 Å². The summed E-state index contributed by atoms with van der Waals surface area (Å²) in [6, 6.07) is 10.3. The van der Waals surface area contributed by atoms with E-state index < -0.39 is 5.60 Å². The molecule has 4 nitrogen and oxygen atoms in total. The average Bonchev–Trinajstić information content (AvgIpc) is 2.36. The number of amides is 1. The number of alkyl carbamates (subject to hydrolysis) is 1. The van der Waals surface area contributed by atoms with Gasteiger partial charge in [0.25, 0.3) is 0 Å². The molecule has 1 aromatic rings. The Morgan fingerprint density at radius 1 is 1.19 bits per heavy atom. The molecule has 2 N–H and O–H groups in total. The summed E-state index contributed by atoms with van der Waals surface area (Å²) in [6.45, 7) is 11.3. The molecule has 0 heterocycles. The van der Waals surface area contributed by atoms with Crippen LogP contribution in [0, 0.1) is 5.92 Å². The largest absolute Gasteiger partial charge is 0.444 e. The first-order valence-electron chi connectivity index (χ1n) is 7.52. The fourth-order valence-corrected chi connectivity index (χ4v) is 1.88. The highest BCUT2D eigenvalue weighted by molar-refractivity contribution is 5.68. The molecule has 0 aliphatic heterocycles. The Labute approximate surface area is 128 Å². The molecule has 0 radical (unpaired) electrons. The van der Waals surface area contributed by atoms with Crippen LogP contribution in [0.1, 0.15) is 40.2 Å². The van der Waals surface area contributed by atoms with Gasteiger partial charge in [0.05, 0.1) is 0 Å². The number of ether oxygens (including phenoxy) is 1. The fourth-order valence-electron chi connectivity index (χ4n) is 1.88. The van der Waals surface area contributed by atoms with Gasteiger partial charge in [-0.15, -0.1) is 0 Å². The Balaban J connectivity index is 2.41. The fraction of sp³-hybridized carbons (Fsp3) is 0.588. The monoisotopic (exact) mass is 292 g/mol. The topological polar surface area (TPSA) is 50.4 Å². The Morgan fingerprint density at radius 3 is 2.33 bits per heavy atom. The van der Waals surface area contributed by atoms with Crippen LogP contribution in [0.3, 0.4) is 0 Å². The van der Waals surface area contributed by atoms with E-state index in [2.05, 4.69) is 36.6 Å². The molecule has 1 amide bonds. The summed E-state index contributed by atoms with van der Waals surface area (Å²) < 4.78 is 5.31. The van der Waals surface area contributed by atoms with Gasteiger partial charge in [0.1, 0.15) is 5.60 Å². The smallest absolute Gasteiger partial charge is 0.407 e. The van der Waals surface area contributed by atoms with Gasteiger partial charge in [0.2, 0.25) is 0 Å². The Kier molecular flexibility index (Phi) is 6.69. The van der Waals surface area contributed by atoms with Crippen molar-refractivity contribution < 1.29 is 9.53 Å². The molecule has 0 bridgehead atoms. The lowest BCUT2D eigenvalue weighted by Gasteiger charge is -2.26. The lowest BCUT2D eigenvalue weighted by Crippen LogP contribution is -2.46. The van der Waals surface area contributed by atoms with E-state index in [1.165, 1.54) is 5.56 Å². The van der Waals surface area contributed by atoms with Crippen LogP contribution in [0.4, 0.5) is 4.79 Å². The van der Waals surface area contributed by atoms with Crippen molar-refractivity contribution in [1.29, 1.82) is 0 Å². The van der Waals surface area contributed by atoms with Gasteiger partial charge in [-0.2, -0.15) is 0 Å². The van der Waals surface area contributed by atoms with Crippen molar-refractivity contribution in [3.63, 3.8) is 0 Å². The summed E-state index contributed by atoms with van der Waals surface area (Å²) in [5.41, 5.74) is 0.764. The van der Waals surface area contributed by atoms with Crippen LogP contribution in [-0.2, 0) is 11.3 Å². The quantitative estimate of drug-likeness (QED) is 0.845. The number of hydrogen-bond donors (Lipinski definition) is 2. The van der Waals surface area contributed by atoms with Gasteiger partial charge < -0.3 is 15.4 Å². The molecule has 0 aliphatic carbocycles. The van der Waals surface area contributed by atoms with Crippen molar-refractivity contribution in [2.24, 2.45) is 5.92 Å². The zero-order valence-electron chi connectivity index (χ0n) is 13.8. The summed E-state index contributed by atoms with van der Waals surface area (Å²) in [5, 5.41) is 6.32. The molecule has 0 aromatic heterocycles. The lowest BCUT2D eigenvalue weighted by atomic mass is 10.0. The number of hydrogen-bond acceptors (Lipinski definition) is 3. The average molecular weight is 292 g/mol. The third-order valence-corrected chi connectivity index (χ3v) is 3.04. The molecule has 1 unspecified atom stereocenters. The third-order valence-electron chi connectivity index (χ3n) is 3.04. The number of carbonyl (C=O) groups excluding carboxylic acids is 1. The molecule has 1 rings (SSSR count). The zero-order chi connectivity index (χ0) is 15.9. The van der Waals surface area contributed by atoms with Crippen molar-refractivity contribution in [1.82, 2.24) is 10.6 Å². The van der Waals surface area contributed by atoms with Crippen molar-refractivity contribution in [3.05, 3.63) is 35.9 Å². The Morgan fingerprint density at radius 2 is 1.81 bits per heavy atom. The molecule has 1 atom stereocenters. The number of benzene rings is 1. The van der Waals surface area contributed by atoms with E-state index in [0.29, 0.717) is 12.5 Å². The Hall–Kier alpha value is -1.55. The number of rotatable bonds is 6. The van der Waals surface area contributed by atoms with Crippen LogP contribution in [0.5, 0.6) is 0 Å². The summed E-state index contributed by atoms with van der Waals surface area (Å²) in [4.78, 5) is 11.8. The van der Waals surface area contributed by atoms with Crippen LogP contribution < -0.4 is 10.6 Å². The van der Waals surface area contributed by atoms with Crippen molar-refractivity contribution in [2.45, 2.75) is 52.8 Å². The second-order valence-electron chi connectivity index (χ2n) is 6.61. The van der Waals surface area contributed by atoms with Gasteiger partial charge in [0, 0.05) is 19.1 Å². The molecular weight excluding hydrogens is 264 g/mol. The third kappa shape index (κ3) is 7.71. The predicted octanol–water partition coefficient (Wildman–Crippen LogP) is 3.33. The maximum atomic E-state index is 11.8. The summed E-state index contributed by atoms with van der Waals surface area (Å²) in [6.07, 6.45) is -0.359. The van der Waals surface area contributed by atoms with E-state index in [-0.39, 0.29) is 12.1 Å². The highest BCUT2D eigenvalue weighted by Crippen LogP contribution is 2.08. The number of carbonyl (C=O) groups is 1. The maximum Gasteiger partial charge on any atom is 0.407 e. The minimum absolute atomic E-state index is 0.0450. The molecule has 1 aromatic carbocycles. The standard InChI is InChI=1S/C17H28N2O2/c1-13(2)15(19-16(20)21-17(3,4)5)12-18-11-14-9-7-6-8-10-14/h6-10,13,15,18H,11-12H2,1-5H3,(H,19,20). The van der Waals surface area contributed by atoms with E-state index in [9.17, 15) is 4.79 Å². The van der Waals surface area contributed by atoms with Crippen LogP contribution in [0.25, 0.3) is 0 Å². The maximum absolute atomic E-state index is 11.8. The Bertz CT molecular complexity index is 424. The minimum atomic E-state index is -0.469. The second-order valence-corrected chi connectivity index (χ2v) is 6.61. The van der Waals surface area contributed by atoms with Crippen LogP contribution >= 0.6 is 0 Å². The van der Waals surface area contributed by atoms with Crippen LogP contribution in [0.2, 0.25) is 0 Å². The molecule has 4 heteroatoms. The van der Waals surface area contributed by atoms with E-state index in [4.69, 9.17) is 4.74 Å². The highest BCUT2D eigenvalue weighted by Gasteiger charge is 2.21. The number of nitrogens with one attached hydrogen (secondary N) is 2. The van der Waals surface area contributed by atoms with E-state index >= 15 is 0 Å². The predicted molar refractivity (Wildman–Crippen MR) is 86.1 cm³/mol. The first kappa shape index (κ1) is 17.5. The van der Waals surface area contributed by atoms with Gasteiger partial charge in [-0.25, -0.2) is 4.79 Å². The molecule has 21 heavy (non-hydrogen) atoms. The lowest BCUT2D eigenvalue weighted by molar-refractivity contribution is 0.0490. The molecule has 0 saturated heterocycles. The normalized spacial score (nSPS) is 13.0. The van der Waals surface area contributed by atoms with Crippen LogP contribution in [-0.4, -0.2) is 24.3 Å². The first-order valence-corrected chi connectivity index (χ1v) is 7.52. The molecule has 0 spiro atoms. The zero-order valence-corrected chi connectivity index (χ0v) is 13.8. The van der Waals surface area contributed by atoms with Crippen molar-refractivity contribution in [2.75, 3.05) is 6.54 Å². The van der Waals surface area contributed by atoms with E-state index in [1.807, 2.05) is 39.0 Å². The minimum Gasteiger partial charge on any atom is -0.444 e. The van der Waals surface area contributed by atoms with Gasteiger partial charge >= 0.3 is 6.09 Å². The molecule has 0 aliphatic rings. The van der Waals surface area contributed by atoms with Gasteiger partial charge in [-0.05, 0) is 32.3 Å². The van der Waals surface area contributed by atoms with Gasteiger partial charge in [0.15, 0.2) is 0 Å². The van der Waals surface area contributed by atoms with Crippen molar-refractivity contribution >= 4 is 6.09 Å². The summed E-state index contributed by atoms with van der Waals surface area (Å²) in [7, 11) is 0. The molecule has 0 fully saturated rings. The first-order chi connectivity index (χ1) is 9.78. The van der Waals surface area contributed by atoms with Crippen LogP contribution in [0.15, 0.2) is 30.3 Å². The SMILES string of the molecule is CC(C)C(CNCc1ccccc1)NC(=O)OC(C)(C)C. The molecular formula is C17H28N2O2. The van der Waals surface area contributed by atoms with E-state index in [0.717, 1.165) is 6.54 Å². The molecule has 0 saturated carbocycles. The second kappa shape index (κ2) is 8.03. The summed E-state index contributed by atoms with van der Waals surface area (Å²) in [5.74, 6) is 0.334. The van der Waals surface area contributed by atoms with Crippen molar-refractivity contribution in [3.8, 4) is 0 Å². The highest BCUT2D eigenvalue weighted by atomic mass is 16.6. The molecule has 118 valence electrons. The summed E-state index contributed by atoms with van der Waals surface area (Å²) >= 11 is 0.